The van der Waals surface area contributed by atoms with Gasteiger partial charge >= 0.3 is 13.8 Å². The summed E-state index contributed by atoms with van der Waals surface area (Å²) in [5, 5.41) is 3.04. The predicted octanol–water partition coefficient (Wildman–Crippen LogP) is 18.2. The van der Waals surface area contributed by atoms with E-state index in [9.17, 15) is 19.0 Å². The van der Waals surface area contributed by atoms with Crippen molar-refractivity contribution in [3.05, 3.63) is 85.1 Å². The van der Waals surface area contributed by atoms with Crippen molar-refractivity contribution in [1.29, 1.82) is 0 Å². The highest BCUT2D eigenvalue weighted by atomic mass is 31.2. The Bertz CT molecular complexity index is 1530. The van der Waals surface area contributed by atoms with Crippen LogP contribution in [0.3, 0.4) is 0 Å². The highest BCUT2D eigenvalue weighted by molar-refractivity contribution is 7.47. The van der Waals surface area contributed by atoms with Gasteiger partial charge in [-0.2, -0.15) is 0 Å². The van der Waals surface area contributed by atoms with Gasteiger partial charge in [-0.1, -0.05) is 222 Å². The number of nitrogens with one attached hydrogen (secondary N) is 1. The third kappa shape index (κ3) is 53.8. The van der Waals surface area contributed by atoms with Gasteiger partial charge in [0.25, 0.3) is 0 Å². The minimum Gasteiger partial charge on any atom is -0.456 e. The average Bonchev–Trinajstić information content (AvgIpc) is 3.35. The lowest BCUT2D eigenvalue weighted by molar-refractivity contribution is -0.870. The van der Waals surface area contributed by atoms with Crippen molar-refractivity contribution in [2.24, 2.45) is 0 Å². The number of amides is 1. The smallest absolute Gasteiger partial charge is 0.456 e. The lowest BCUT2D eigenvalue weighted by atomic mass is 10.0. The van der Waals surface area contributed by atoms with Crippen LogP contribution in [0.5, 0.6) is 0 Å². The number of phosphoric acid groups is 1. The van der Waals surface area contributed by atoms with Gasteiger partial charge in [-0.3, -0.25) is 18.6 Å². The third-order valence-corrected chi connectivity index (χ3v) is 13.8. The molecule has 0 aromatic rings. The molecular weight excluding hydrogens is 928 g/mol. The first kappa shape index (κ1) is 70.2. The van der Waals surface area contributed by atoms with Crippen molar-refractivity contribution in [3.63, 3.8) is 0 Å². The molecule has 0 fully saturated rings. The first-order valence-electron chi connectivity index (χ1n) is 29.9. The number of carbonyl (C=O) groups is 2. The topological polar surface area (TPSA) is 111 Å². The number of ether oxygens (including phenoxy) is 1. The number of nitrogens with zero attached hydrogens (tertiary/aromatic N) is 1. The molecule has 0 aromatic heterocycles. The van der Waals surface area contributed by atoms with Gasteiger partial charge in [-0.25, -0.2) is 4.57 Å². The molecule has 2 N–H and O–H groups in total. The Kier molecular flexibility index (Phi) is 50.6. The Balaban J connectivity index is 5.30. The number of phosphoric ester groups is 1. The molecule has 0 heterocycles. The standard InChI is InChI=1S/C63H113N2O7P/c1-7-10-13-16-19-22-25-28-30-31-32-33-34-35-36-37-40-43-46-49-52-55-62(66)64-60(59-71-73(68,69)70-58-57-65(4,5)6)61(54-51-48-45-42-39-27-24-21-18-15-12-9-3)72-63(67)56-53-50-47-44-41-38-29-26-23-20-17-14-11-8-2/h11,14,19-20,22-23,28-30,32-33,38,51,54,60-61H,7-10,12-13,15-18,21,24-27,31,34-37,39-50,52-53,55-59H2,1-6H3,(H-,64,66,68,69)/p+1/b14-11+,22-19-,23-20+,30-28-,33-32-,38-29+,54-51-. The summed E-state index contributed by atoms with van der Waals surface area (Å²) in [6.45, 7) is 6.84. The fourth-order valence-electron chi connectivity index (χ4n) is 8.20. The first-order valence-corrected chi connectivity index (χ1v) is 31.4. The summed E-state index contributed by atoms with van der Waals surface area (Å²) >= 11 is 0. The molecule has 0 saturated carbocycles. The molecule has 3 unspecified atom stereocenters. The van der Waals surface area contributed by atoms with E-state index in [1.54, 1.807) is 0 Å². The summed E-state index contributed by atoms with van der Waals surface area (Å²) in [5.74, 6) is -0.542. The van der Waals surface area contributed by atoms with Gasteiger partial charge in [0.2, 0.25) is 5.91 Å². The van der Waals surface area contributed by atoms with E-state index >= 15 is 0 Å². The maximum atomic E-state index is 13.5. The molecule has 0 bridgehead atoms. The molecule has 1 amide bonds. The quantitative estimate of drug-likeness (QED) is 0.0205. The van der Waals surface area contributed by atoms with Crippen LogP contribution in [-0.2, 0) is 27.9 Å². The zero-order valence-electron chi connectivity index (χ0n) is 48.1. The largest absolute Gasteiger partial charge is 0.472 e. The SMILES string of the molecule is CC/C=C/C/C=C/C/C=C/CCCCCCC(=O)OC(/C=C\CCCCCCCCCCCC)C(COP(=O)(O)OCC[N+](C)(C)C)NC(=O)CCCCCCCCCC/C=C\C/C=C\C/C=C\CCCCC. The van der Waals surface area contributed by atoms with Gasteiger partial charge in [0, 0.05) is 12.8 Å². The van der Waals surface area contributed by atoms with E-state index in [1.165, 1.54) is 103 Å². The van der Waals surface area contributed by atoms with E-state index in [0.717, 1.165) is 109 Å². The number of likely N-dealkylation sites (N-methyl/N-ethyl adjacent to an activating group) is 1. The zero-order chi connectivity index (χ0) is 53.6. The molecule has 0 aliphatic carbocycles. The molecular formula is C63H114N2O7P+. The molecule has 3 atom stereocenters. The van der Waals surface area contributed by atoms with Crippen LogP contribution in [0.4, 0.5) is 0 Å². The van der Waals surface area contributed by atoms with Crippen molar-refractivity contribution in [2.75, 3.05) is 40.9 Å². The molecule has 9 nitrogen and oxygen atoms in total. The number of unbranched alkanes of at least 4 members (excludes halogenated alkanes) is 25. The number of rotatable bonds is 53. The average molecular weight is 1040 g/mol. The van der Waals surface area contributed by atoms with Crippen LogP contribution in [0.2, 0.25) is 0 Å². The molecule has 0 saturated heterocycles. The Morgan fingerprint density at radius 3 is 1.34 bits per heavy atom. The molecule has 0 aromatic carbocycles. The molecule has 0 aliphatic heterocycles. The van der Waals surface area contributed by atoms with Crippen LogP contribution in [0.15, 0.2) is 85.1 Å². The monoisotopic (exact) mass is 1040 g/mol. The third-order valence-electron chi connectivity index (χ3n) is 12.8. The minimum absolute atomic E-state index is 0.0313. The lowest BCUT2D eigenvalue weighted by Crippen LogP contribution is -2.47. The van der Waals surface area contributed by atoms with Crippen molar-refractivity contribution >= 4 is 19.7 Å². The van der Waals surface area contributed by atoms with Gasteiger partial charge in [-0.05, 0) is 102 Å². The summed E-state index contributed by atoms with van der Waals surface area (Å²) in [7, 11) is 1.47. The van der Waals surface area contributed by atoms with Gasteiger partial charge < -0.3 is 19.4 Å². The maximum absolute atomic E-state index is 13.5. The summed E-state index contributed by atoms with van der Waals surface area (Å²) in [5.41, 5.74) is 0. The molecule has 73 heavy (non-hydrogen) atoms. The van der Waals surface area contributed by atoms with E-state index < -0.39 is 20.0 Å². The second-order valence-corrected chi connectivity index (χ2v) is 22.6. The number of esters is 1. The van der Waals surface area contributed by atoms with Crippen molar-refractivity contribution in [3.8, 4) is 0 Å². The van der Waals surface area contributed by atoms with Gasteiger partial charge in [-0.15, -0.1) is 0 Å². The summed E-state index contributed by atoms with van der Waals surface area (Å²) in [4.78, 5) is 37.6. The second-order valence-electron chi connectivity index (χ2n) is 21.1. The number of carbonyl (C=O) groups excluding carboxylic acids is 2. The summed E-state index contributed by atoms with van der Waals surface area (Å²) < 4.78 is 30.6. The summed E-state index contributed by atoms with van der Waals surface area (Å²) in [6.07, 6.45) is 68.6. The van der Waals surface area contributed by atoms with E-state index in [0.29, 0.717) is 23.9 Å². The highest BCUT2D eigenvalue weighted by Crippen LogP contribution is 2.43. The van der Waals surface area contributed by atoms with Crippen LogP contribution in [-0.4, -0.2) is 74.3 Å². The van der Waals surface area contributed by atoms with Gasteiger partial charge in [0.15, 0.2) is 0 Å². The van der Waals surface area contributed by atoms with Crippen LogP contribution < -0.4 is 5.32 Å². The number of hydrogen-bond acceptors (Lipinski definition) is 6. The van der Waals surface area contributed by atoms with Gasteiger partial charge in [0.1, 0.15) is 19.3 Å². The van der Waals surface area contributed by atoms with E-state index in [1.807, 2.05) is 33.3 Å². The van der Waals surface area contributed by atoms with E-state index in [2.05, 4.69) is 99.0 Å². The Labute approximate surface area is 450 Å². The minimum atomic E-state index is -4.46. The maximum Gasteiger partial charge on any atom is 0.472 e. The molecule has 0 radical (unpaired) electrons. The number of hydrogen-bond donors (Lipinski definition) is 2. The Morgan fingerprint density at radius 2 is 0.877 bits per heavy atom. The molecule has 422 valence electrons. The highest BCUT2D eigenvalue weighted by Gasteiger charge is 2.30. The van der Waals surface area contributed by atoms with Crippen molar-refractivity contribution in [2.45, 2.75) is 264 Å². The van der Waals surface area contributed by atoms with Crippen LogP contribution in [0.1, 0.15) is 252 Å². The van der Waals surface area contributed by atoms with Crippen LogP contribution >= 0.6 is 7.82 Å². The lowest BCUT2D eigenvalue weighted by Gasteiger charge is -2.27. The zero-order valence-corrected chi connectivity index (χ0v) is 49.0. The molecule has 0 rings (SSSR count). The van der Waals surface area contributed by atoms with Crippen molar-refractivity contribution in [1.82, 2.24) is 5.32 Å². The molecule has 0 aliphatic rings. The molecule has 10 heteroatoms. The summed E-state index contributed by atoms with van der Waals surface area (Å²) in [6, 6.07) is -0.865. The fourth-order valence-corrected chi connectivity index (χ4v) is 8.93. The van der Waals surface area contributed by atoms with Gasteiger partial charge in [0.05, 0.1) is 33.8 Å². The van der Waals surface area contributed by atoms with Crippen molar-refractivity contribution < 1.29 is 37.3 Å². The van der Waals surface area contributed by atoms with E-state index in [-0.39, 0.29) is 31.5 Å². The van der Waals surface area contributed by atoms with Crippen LogP contribution in [0, 0.1) is 0 Å². The molecule has 0 spiro atoms. The number of quaternary nitrogens is 1. The van der Waals surface area contributed by atoms with Crippen LogP contribution in [0.25, 0.3) is 0 Å². The van der Waals surface area contributed by atoms with E-state index in [4.69, 9.17) is 13.8 Å². The Morgan fingerprint density at radius 1 is 0.493 bits per heavy atom. The number of allylic oxidation sites excluding steroid dienone is 13. The second kappa shape index (κ2) is 52.6. The fraction of sp³-hybridized carbons (Fsp3) is 0.746. The Hall–Kier alpha value is -2.81. The normalized spacial score (nSPS) is 14.3. The predicted molar refractivity (Wildman–Crippen MR) is 314 cm³/mol. The first-order chi connectivity index (χ1) is 35.4.